The molecule has 0 atom stereocenters. The number of pyridine rings is 1. The molecule has 0 spiro atoms. The van der Waals surface area contributed by atoms with Crippen LogP contribution in [0.5, 0.6) is 0 Å². The lowest BCUT2D eigenvalue weighted by molar-refractivity contribution is -0.116. The topological polar surface area (TPSA) is 74.8 Å². The van der Waals surface area contributed by atoms with Crippen molar-refractivity contribution in [2.75, 3.05) is 43.0 Å². The molecule has 7 heteroatoms. The highest BCUT2D eigenvalue weighted by molar-refractivity contribution is 5.90. The van der Waals surface area contributed by atoms with Gasteiger partial charge in [0.05, 0.1) is 18.5 Å². The van der Waals surface area contributed by atoms with Crippen molar-refractivity contribution in [2.24, 2.45) is 0 Å². The largest absolute Gasteiger partial charge is 0.450 e. The molecule has 1 aliphatic rings. The number of nitrogens with one attached hydrogen (secondary N) is 1. The fourth-order valence-corrected chi connectivity index (χ4v) is 2.43. The van der Waals surface area contributed by atoms with Gasteiger partial charge in [-0.1, -0.05) is 6.92 Å². The second-order valence-electron chi connectivity index (χ2n) is 5.38. The van der Waals surface area contributed by atoms with Crippen molar-refractivity contribution >= 4 is 23.5 Å². The molecule has 1 aromatic rings. The number of anilines is 2. The van der Waals surface area contributed by atoms with Crippen LogP contribution >= 0.6 is 0 Å². The number of ether oxygens (including phenoxy) is 1. The number of carbonyl (C=O) groups is 2. The van der Waals surface area contributed by atoms with Gasteiger partial charge < -0.3 is 19.9 Å². The molecule has 1 N–H and O–H groups in total. The van der Waals surface area contributed by atoms with Crippen LogP contribution in [0, 0.1) is 0 Å². The lowest BCUT2D eigenvalue weighted by atomic mass is 10.3. The van der Waals surface area contributed by atoms with Gasteiger partial charge in [-0.15, -0.1) is 0 Å². The monoisotopic (exact) mass is 320 g/mol. The average molecular weight is 320 g/mol. The summed E-state index contributed by atoms with van der Waals surface area (Å²) in [4.78, 5) is 31.4. The molecule has 1 saturated heterocycles. The van der Waals surface area contributed by atoms with Crippen molar-refractivity contribution in [2.45, 2.75) is 26.7 Å². The lowest BCUT2D eigenvalue weighted by Crippen LogP contribution is -2.49. The van der Waals surface area contributed by atoms with Gasteiger partial charge in [-0.2, -0.15) is 0 Å². The molecular formula is C16H24N4O3. The molecule has 1 fully saturated rings. The Hall–Kier alpha value is -2.31. The first-order valence-corrected chi connectivity index (χ1v) is 8.06. The zero-order chi connectivity index (χ0) is 16.7. The van der Waals surface area contributed by atoms with Gasteiger partial charge >= 0.3 is 6.09 Å². The van der Waals surface area contributed by atoms with Gasteiger partial charge in [-0.3, -0.25) is 4.79 Å². The third-order valence-corrected chi connectivity index (χ3v) is 3.64. The Bertz CT molecular complexity index is 525. The summed E-state index contributed by atoms with van der Waals surface area (Å²) >= 11 is 0. The smallest absolute Gasteiger partial charge is 0.409 e. The summed E-state index contributed by atoms with van der Waals surface area (Å²) in [5, 5.41) is 2.82. The van der Waals surface area contributed by atoms with Crippen LogP contribution in [0.15, 0.2) is 18.3 Å². The summed E-state index contributed by atoms with van der Waals surface area (Å²) in [5.41, 5.74) is 0.706. The third kappa shape index (κ3) is 4.84. The van der Waals surface area contributed by atoms with Gasteiger partial charge in [0.25, 0.3) is 0 Å². The molecule has 2 amide bonds. The van der Waals surface area contributed by atoms with E-state index in [1.54, 1.807) is 18.0 Å². The minimum absolute atomic E-state index is 0.00472. The van der Waals surface area contributed by atoms with E-state index in [9.17, 15) is 9.59 Å². The molecule has 2 rings (SSSR count). The summed E-state index contributed by atoms with van der Waals surface area (Å²) in [6.45, 7) is 6.84. The Kier molecular flexibility index (Phi) is 6.19. The molecule has 0 aliphatic carbocycles. The minimum Gasteiger partial charge on any atom is -0.450 e. The van der Waals surface area contributed by atoms with E-state index in [1.807, 2.05) is 19.1 Å². The van der Waals surface area contributed by atoms with Gasteiger partial charge in [-0.05, 0) is 25.5 Å². The number of aromatic nitrogens is 1. The molecule has 0 bridgehead atoms. The van der Waals surface area contributed by atoms with Gasteiger partial charge in [0.2, 0.25) is 5.91 Å². The summed E-state index contributed by atoms with van der Waals surface area (Å²) < 4.78 is 5.01. The van der Waals surface area contributed by atoms with Crippen LogP contribution in [0.4, 0.5) is 16.3 Å². The lowest BCUT2D eigenvalue weighted by Gasteiger charge is -2.34. The molecule has 23 heavy (non-hydrogen) atoms. The van der Waals surface area contributed by atoms with Crippen molar-refractivity contribution in [3.8, 4) is 0 Å². The van der Waals surface area contributed by atoms with E-state index >= 15 is 0 Å². The first-order chi connectivity index (χ1) is 11.1. The van der Waals surface area contributed by atoms with Crippen LogP contribution in [0.1, 0.15) is 26.7 Å². The van der Waals surface area contributed by atoms with E-state index in [0.29, 0.717) is 44.9 Å². The second-order valence-corrected chi connectivity index (χ2v) is 5.38. The van der Waals surface area contributed by atoms with Gasteiger partial charge in [0.1, 0.15) is 5.82 Å². The highest BCUT2D eigenvalue weighted by Gasteiger charge is 2.22. The van der Waals surface area contributed by atoms with Crippen molar-refractivity contribution in [3.05, 3.63) is 18.3 Å². The fraction of sp³-hybridized carbons (Fsp3) is 0.562. The van der Waals surface area contributed by atoms with Crippen LogP contribution in [-0.4, -0.2) is 54.7 Å². The summed E-state index contributed by atoms with van der Waals surface area (Å²) in [7, 11) is 0. The first-order valence-electron chi connectivity index (χ1n) is 8.06. The highest BCUT2D eigenvalue weighted by Crippen LogP contribution is 2.16. The summed E-state index contributed by atoms with van der Waals surface area (Å²) in [5.74, 6) is 0.854. The van der Waals surface area contributed by atoms with Crippen molar-refractivity contribution in [1.29, 1.82) is 0 Å². The van der Waals surface area contributed by atoms with Gasteiger partial charge in [0.15, 0.2) is 0 Å². The highest BCUT2D eigenvalue weighted by atomic mass is 16.6. The molecule has 1 aliphatic heterocycles. The molecule has 1 aromatic heterocycles. The molecule has 2 heterocycles. The maximum absolute atomic E-state index is 11.7. The number of hydrogen-bond acceptors (Lipinski definition) is 5. The molecule has 0 saturated carbocycles. The number of hydrogen-bond donors (Lipinski definition) is 1. The number of nitrogens with zero attached hydrogens (tertiary/aromatic N) is 3. The van der Waals surface area contributed by atoms with Crippen LogP contribution < -0.4 is 10.2 Å². The molecule has 0 aromatic carbocycles. The molecule has 0 unspecified atom stereocenters. The van der Waals surface area contributed by atoms with Crippen LogP contribution in [0.25, 0.3) is 0 Å². The van der Waals surface area contributed by atoms with E-state index in [0.717, 1.165) is 12.2 Å². The Balaban J connectivity index is 1.86. The Labute approximate surface area is 136 Å². The van der Waals surface area contributed by atoms with Crippen molar-refractivity contribution in [1.82, 2.24) is 9.88 Å². The van der Waals surface area contributed by atoms with E-state index in [2.05, 4.69) is 15.2 Å². The van der Waals surface area contributed by atoms with E-state index in [1.165, 1.54) is 0 Å². The SMILES string of the molecule is CCCC(=O)Nc1ccc(N2CCN(C(=O)OCC)CC2)nc1. The quantitative estimate of drug-likeness (QED) is 0.899. The van der Waals surface area contributed by atoms with E-state index in [4.69, 9.17) is 4.74 Å². The first kappa shape index (κ1) is 17.1. The predicted molar refractivity (Wildman–Crippen MR) is 88.6 cm³/mol. The zero-order valence-corrected chi connectivity index (χ0v) is 13.7. The fourth-order valence-electron chi connectivity index (χ4n) is 2.43. The maximum Gasteiger partial charge on any atom is 0.409 e. The van der Waals surface area contributed by atoms with Crippen molar-refractivity contribution < 1.29 is 14.3 Å². The minimum atomic E-state index is -0.255. The maximum atomic E-state index is 11.7. The van der Waals surface area contributed by atoms with Crippen molar-refractivity contribution in [3.63, 3.8) is 0 Å². The normalized spacial score (nSPS) is 14.5. The van der Waals surface area contributed by atoms with Crippen LogP contribution in [-0.2, 0) is 9.53 Å². The summed E-state index contributed by atoms with van der Waals surface area (Å²) in [6.07, 6.45) is 2.74. The second kappa shape index (κ2) is 8.36. The summed E-state index contributed by atoms with van der Waals surface area (Å²) in [6, 6.07) is 3.75. The Morgan fingerprint density at radius 1 is 1.22 bits per heavy atom. The van der Waals surface area contributed by atoms with E-state index < -0.39 is 0 Å². The average Bonchev–Trinajstić information content (AvgIpc) is 2.56. The number of amides is 2. The molecule has 0 radical (unpaired) electrons. The Morgan fingerprint density at radius 3 is 2.52 bits per heavy atom. The number of piperazine rings is 1. The zero-order valence-electron chi connectivity index (χ0n) is 13.7. The Morgan fingerprint density at radius 2 is 1.96 bits per heavy atom. The van der Waals surface area contributed by atoms with Crippen LogP contribution in [0.3, 0.4) is 0 Å². The standard InChI is InChI=1S/C16H24N4O3/c1-3-5-15(21)18-13-6-7-14(17-12-13)19-8-10-20(11-9-19)16(22)23-4-2/h6-7,12H,3-5,8-11H2,1-2H3,(H,18,21). The van der Waals surface area contributed by atoms with Gasteiger partial charge in [0, 0.05) is 32.6 Å². The molecular weight excluding hydrogens is 296 g/mol. The third-order valence-electron chi connectivity index (χ3n) is 3.64. The van der Waals surface area contributed by atoms with E-state index in [-0.39, 0.29) is 12.0 Å². The molecule has 126 valence electrons. The predicted octanol–water partition coefficient (Wildman–Crippen LogP) is 2.10. The number of rotatable bonds is 5. The van der Waals surface area contributed by atoms with Gasteiger partial charge in [-0.25, -0.2) is 9.78 Å². The van der Waals surface area contributed by atoms with Crippen LogP contribution in [0.2, 0.25) is 0 Å². The molecule has 7 nitrogen and oxygen atoms in total. The number of carbonyl (C=O) groups excluding carboxylic acids is 2.